The quantitative estimate of drug-likeness (QED) is 0.153. The van der Waals surface area contributed by atoms with Gasteiger partial charge in [-0.2, -0.15) is 0 Å². The lowest BCUT2D eigenvalue weighted by atomic mass is 9.36. The van der Waals surface area contributed by atoms with Crippen molar-refractivity contribution in [1.29, 1.82) is 0 Å². The second-order valence-corrected chi connectivity index (χ2v) is 29.9. The summed E-state index contributed by atoms with van der Waals surface area (Å²) in [6, 6.07) is 54.0. The number of benzene rings is 7. The second kappa shape index (κ2) is 18.9. The summed E-state index contributed by atoms with van der Waals surface area (Å²) in [5.74, 6) is 0.959. The average molecular weight is 1030 g/mol. The Morgan fingerprint density at radius 3 is 1.58 bits per heavy atom. The van der Waals surface area contributed by atoms with Crippen molar-refractivity contribution in [3.63, 3.8) is 0 Å². The van der Waals surface area contributed by atoms with Crippen molar-refractivity contribution in [3.8, 4) is 22.3 Å². The highest BCUT2D eigenvalue weighted by Crippen LogP contribution is 2.53. The van der Waals surface area contributed by atoms with Crippen LogP contribution in [-0.2, 0) is 27.1 Å². The van der Waals surface area contributed by atoms with Gasteiger partial charge in [0.1, 0.15) is 0 Å². The lowest BCUT2D eigenvalue weighted by Gasteiger charge is -2.45. The Bertz CT molecular complexity index is 3550. The SMILES string of the molecule is CC(C)c1cc(-c2cc(C3CCCCC3)ccc2N2c3cc(C(C)(C)C)cc4c3B(c3cc(C(C)(C)C)ccc3N4c3ccc(-c4ccc(C(C)(C)C)cc4)cc3)c3sc4ccc(C(C)(C)C)cc4c32)cc(C(C)(C)C)c1. The summed E-state index contributed by atoms with van der Waals surface area (Å²) >= 11 is 2.02. The smallest absolute Gasteiger partial charge is 0.264 e. The van der Waals surface area contributed by atoms with Crippen LogP contribution >= 0.6 is 11.3 Å². The maximum Gasteiger partial charge on any atom is 0.264 e. The summed E-state index contributed by atoms with van der Waals surface area (Å²) in [6.07, 6.45) is 6.47. The molecule has 77 heavy (non-hydrogen) atoms. The number of rotatable bonds is 6. The lowest BCUT2D eigenvalue weighted by Crippen LogP contribution is -2.60. The van der Waals surface area contributed by atoms with Crippen molar-refractivity contribution >= 4 is 78.0 Å². The van der Waals surface area contributed by atoms with Gasteiger partial charge in [-0.25, -0.2) is 0 Å². The van der Waals surface area contributed by atoms with Gasteiger partial charge in [-0.15, -0.1) is 11.3 Å². The van der Waals surface area contributed by atoms with Crippen molar-refractivity contribution < 1.29 is 0 Å². The molecule has 1 fully saturated rings. The summed E-state index contributed by atoms with van der Waals surface area (Å²) in [6.45, 7) is 40.2. The maximum absolute atomic E-state index is 2.78. The van der Waals surface area contributed by atoms with E-state index in [1.54, 1.807) is 0 Å². The van der Waals surface area contributed by atoms with E-state index in [1.165, 1.54) is 153 Å². The first-order chi connectivity index (χ1) is 36.1. The van der Waals surface area contributed by atoms with Gasteiger partial charge in [0, 0.05) is 43.2 Å². The molecule has 396 valence electrons. The molecule has 3 aliphatic rings. The van der Waals surface area contributed by atoms with Crippen molar-refractivity contribution in [2.24, 2.45) is 0 Å². The first-order valence-corrected chi connectivity index (χ1v) is 30.0. The number of fused-ring (bicyclic) bond motifs is 6. The van der Waals surface area contributed by atoms with Gasteiger partial charge >= 0.3 is 0 Å². The average Bonchev–Trinajstić information content (AvgIpc) is 4.03. The molecular formula is C73H85BN2S. The maximum atomic E-state index is 2.78. The van der Waals surface area contributed by atoms with Crippen LogP contribution in [0.25, 0.3) is 32.3 Å². The molecule has 2 aliphatic heterocycles. The molecule has 0 bridgehead atoms. The van der Waals surface area contributed by atoms with Crippen LogP contribution in [0.1, 0.15) is 201 Å². The van der Waals surface area contributed by atoms with Crippen LogP contribution < -0.4 is 25.5 Å². The molecule has 1 saturated carbocycles. The summed E-state index contributed by atoms with van der Waals surface area (Å²) in [7, 11) is 0. The molecule has 0 N–H and O–H groups in total. The topological polar surface area (TPSA) is 6.48 Å². The minimum atomic E-state index is -0.144. The molecule has 0 atom stereocenters. The highest BCUT2D eigenvalue weighted by molar-refractivity contribution is 7.33. The largest absolute Gasteiger partial charge is 0.311 e. The Hall–Kier alpha value is -5.84. The van der Waals surface area contributed by atoms with E-state index in [9.17, 15) is 0 Å². The normalized spacial score (nSPS) is 15.3. The van der Waals surface area contributed by atoms with E-state index < -0.39 is 0 Å². The molecule has 4 heteroatoms. The van der Waals surface area contributed by atoms with E-state index in [0.29, 0.717) is 11.8 Å². The molecule has 2 nitrogen and oxygen atoms in total. The van der Waals surface area contributed by atoms with Crippen LogP contribution in [0.4, 0.5) is 34.1 Å². The molecule has 11 rings (SSSR count). The van der Waals surface area contributed by atoms with Crippen LogP contribution in [0.5, 0.6) is 0 Å². The predicted octanol–water partition coefficient (Wildman–Crippen LogP) is 20.0. The number of anilines is 6. The fraction of sp³-hybridized carbons (Fsp3) is 0.397. The Labute approximate surface area is 468 Å². The van der Waals surface area contributed by atoms with Crippen LogP contribution in [0.3, 0.4) is 0 Å². The zero-order valence-corrected chi connectivity index (χ0v) is 50.6. The molecule has 7 aromatic carbocycles. The van der Waals surface area contributed by atoms with Gasteiger partial charge in [-0.3, -0.25) is 0 Å². The van der Waals surface area contributed by atoms with E-state index >= 15 is 0 Å². The summed E-state index contributed by atoms with van der Waals surface area (Å²) in [5.41, 5.74) is 25.1. The first kappa shape index (κ1) is 53.2. The molecule has 3 heterocycles. The van der Waals surface area contributed by atoms with Gasteiger partial charge in [-0.1, -0.05) is 216 Å². The van der Waals surface area contributed by atoms with Crippen LogP contribution in [0.15, 0.2) is 133 Å². The predicted molar refractivity (Wildman–Crippen MR) is 340 cm³/mol. The van der Waals surface area contributed by atoms with E-state index in [1.807, 2.05) is 11.3 Å². The second-order valence-electron chi connectivity index (χ2n) is 28.8. The van der Waals surface area contributed by atoms with E-state index in [2.05, 4.69) is 261 Å². The van der Waals surface area contributed by atoms with E-state index in [4.69, 9.17) is 0 Å². The molecular weight excluding hydrogens is 948 g/mol. The minimum Gasteiger partial charge on any atom is -0.311 e. The van der Waals surface area contributed by atoms with Crippen molar-refractivity contribution in [2.45, 2.75) is 189 Å². The van der Waals surface area contributed by atoms with Gasteiger partial charge < -0.3 is 9.80 Å². The van der Waals surface area contributed by atoms with Gasteiger partial charge in [0.15, 0.2) is 0 Å². The van der Waals surface area contributed by atoms with Crippen LogP contribution in [0, 0.1) is 0 Å². The Morgan fingerprint density at radius 2 is 0.987 bits per heavy atom. The lowest BCUT2D eigenvalue weighted by molar-refractivity contribution is 0.444. The van der Waals surface area contributed by atoms with Gasteiger partial charge in [0.05, 0.1) is 11.4 Å². The van der Waals surface area contributed by atoms with Gasteiger partial charge in [0.2, 0.25) is 0 Å². The molecule has 0 saturated heterocycles. The van der Waals surface area contributed by atoms with E-state index in [-0.39, 0.29) is 33.8 Å². The molecule has 1 aliphatic carbocycles. The number of hydrogen-bond acceptors (Lipinski definition) is 3. The minimum absolute atomic E-state index is 0.0167. The number of thiophene rings is 1. The molecule has 0 radical (unpaired) electrons. The Morgan fingerprint density at radius 1 is 0.455 bits per heavy atom. The van der Waals surface area contributed by atoms with Crippen LogP contribution in [0.2, 0.25) is 0 Å². The molecule has 0 unspecified atom stereocenters. The fourth-order valence-corrected chi connectivity index (χ4v) is 13.9. The van der Waals surface area contributed by atoms with E-state index in [0.717, 1.165) is 0 Å². The standard InChI is InChI=1S/C73H85BN2S/c1-45(2)50-37-51(39-55(38-50)72(12,13)14)58-40-49(46-21-19-18-20-22-46)27-34-61(58)76-64-44-56(73(15,16)17)43-63-66(64)74(68-67(76)59-41-53(70(6,7)8)31-36-65(59)77-68)60-42-54(71(9,10)11)30-35-62(60)75(63)57-32-25-48(26-33-57)47-23-28-52(29-24-47)69(3,4)5/h23-46H,18-22H2,1-17H3. The Balaban J connectivity index is 1.24. The third-order valence-corrected chi connectivity index (χ3v) is 18.8. The highest BCUT2D eigenvalue weighted by atomic mass is 32.1. The summed E-state index contributed by atoms with van der Waals surface area (Å²) < 4.78 is 2.77. The van der Waals surface area contributed by atoms with Gasteiger partial charge in [0.25, 0.3) is 6.71 Å². The number of hydrogen-bond donors (Lipinski definition) is 0. The van der Waals surface area contributed by atoms with Crippen molar-refractivity contribution in [1.82, 2.24) is 0 Å². The third kappa shape index (κ3) is 9.72. The van der Waals surface area contributed by atoms with Crippen molar-refractivity contribution in [3.05, 3.63) is 172 Å². The third-order valence-electron chi connectivity index (χ3n) is 17.6. The monoisotopic (exact) mass is 1030 g/mol. The number of nitrogens with zero attached hydrogens (tertiary/aromatic N) is 2. The molecule has 0 spiro atoms. The zero-order valence-electron chi connectivity index (χ0n) is 49.8. The first-order valence-electron chi connectivity index (χ1n) is 29.2. The molecule has 0 amide bonds. The summed E-state index contributed by atoms with van der Waals surface area (Å²) in [4.78, 5) is 5.41. The van der Waals surface area contributed by atoms with Crippen molar-refractivity contribution in [2.75, 3.05) is 9.80 Å². The van der Waals surface area contributed by atoms with Gasteiger partial charge in [-0.05, 0) is 173 Å². The zero-order chi connectivity index (χ0) is 54.9. The summed E-state index contributed by atoms with van der Waals surface area (Å²) in [5, 5.41) is 1.35. The van der Waals surface area contributed by atoms with Crippen LogP contribution in [-0.4, -0.2) is 6.71 Å². The fourth-order valence-electron chi connectivity index (χ4n) is 12.6. The highest BCUT2D eigenvalue weighted by Gasteiger charge is 2.47. The Kier molecular flexibility index (Phi) is 13.1. The molecule has 1 aromatic heterocycles. The molecule has 8 aromatic rings.